The standard InChI is InChI=1S/C25H29N3O2S/c29-23(26-19-7-9-20(10-8-19)28-13-15-30-16-14-28)17-25(11-3-4-12-25)18-24-27-21-5-1-2-6-22(21)31-24/h1-2,5-10H,3-4,11-18H2,(H,26,29). The van der Waals surface area contributed by atoms with Gasteiger partial charge in [0.15, 0.2) is 0 Å². The molecular formula is C25H29N3O2S. The minimum Gasteiger partial charge on any atom is -0.378 e. The summed E-state index contributed by atoms with van der Waals surface area (Å²) in [7, 11) is 0. The summed E-state index contributed by atoms with van der Waals surface area (Å²) in [4.78, 5) is 20.1. The van der Waals surface area contributed by atoms with Crippen molar-refractivity contribution in [2.45, 2.75) is 38.5 Å². The van der Waals surface area contributed by atoms with Crippen molar-refractivity contribution < 1.29 is 9.53 Å². The first kappa shape index (κ1) is 20.5. The monoisotopic (exact) mass is 435 g/mol. The molecule has 5 nitrogen and oxygen atoms in total. The van der Waals surface area contributed by atoms with Gasteiger partial charge in [-0.05, 0) is 54.7 Å². The molecule has 0 bridgehead atoms. The molecule has 1 N–H and O–H groups in total. The van der Waals surface area contributed by atoms with Crippen LogP contribution in [-0.4, -0.2) is 37.2 Å². The van der Waals surface area contributed by atoms with Gasteiger partial charge in [-0.3, -0.25) is 4.79 Å². The molecule has 0 radical (unpaired) electrons. The Labute approximate surface area is 187 Å². The Hall–Kier alpha value is -2.44. The second-order valence-electron chi connectivity index (χ2n) is 8.83. The van der Waals surface area contributed by atoms with Crippen molar-refractivity contribution in [2.24, 2.45) is 5.41 Å². The lowest BCUT2D eigenvalue weighted by Crippen LogP contribution is -2.36. The molecule has 1 saturated carbocycles. The Bertz CT molecular complexity index is 1000. The van der Waals surface area contributed by atoms with E-state index in [2.05, 4.69) is 40.5 Å². The van der Waals surface area contributed by atoms with E-state index in [1.54, 1.807) is 11.3 Å². The molecule has 162 valence electrons. The summed E-state index contributed by atoms with van der Waals surface area (Å²) in [5.41, 5.74) is 3.16. The van der Waals surface area contributed by atoms with Crippen LogP contribution in [0.5, 0.6) is 0 Å². The number of ether oxygens (including phenoxy) is 1. The van der Waals surface area contributed by atoms with Gasteiger partial charge in [0, 0.05) is 37.3 Å². The maximum absolute atomic E-state index is 13.0. The van der Waals surface area contributed by atoms with Crippen molar-refractivity contribution >= 4 is 38.8 Å². The molecule has 1 amide bonds. The predicted octanol–water partition coefficient (Wildman–Crippen LogP) is 5.26. The maximum Gasteiger partial charge on any atom is 0.224 e. The van der Waals surface area contributed by atoms with Crippen molar-refractivity contribution in [2.75, 3.05) is 36.5 Å². The number of thiazole rings is 1. The zero-order valence-corrected chi connectivity index (χ0v) is 18.6. The van der Waals surface area contributed by atoms with Gasteiger partial charge in [0.1, 0.15) is 0 Å². The molecule has 31 heavy (non-hydrogen) atoms. The second-order valence-corrected chi connectivity index (χ2v) is 9.95. The highest BCUT2D eigenvalue weighted by Gasteiger charge is 2.37. The summed E-state index contributed by atoms with van der Waals surface area (Å²) < 4.78 is 6.66. The van der Waals surface area contributed by atoms with Gasteiger partial charge in [-0.2, -0.15) is 0 Å². The van der Waals surface area contributed by atoms with E-state index in [1.165, 1.54) is 23.2 Å². The fourth-order valence-electron chi connectivity index (χ4n) is 4.98. The molecule has 2 aliphatic rings. The van der Waals surface area contributed by atoms with Gasteiger partial charge >= 0.3 is 0 Å². The Kier molecular flexibility index (Phi) is 5.92. The van der Waals surface area contributed by atoms with Crippen LogP contribution in [0.4, 0.5) is 11.4 Å². The molecule has 1 aliphatic carbocycles. The van der Waals surface area contributed by atoms with Crippen LogP contribution in [0, 0.1) is 5.41 Å². The fourth-order valence-corrected chi connectivity index (χ4v) is 6.12. The van der Waals surface area contributed by atoms with Crippen LogP contribution in [0.2, 0.25) is 0 Å². The molecule has 1 saturated heterocycles. The van der Waals surface area contributed by atoms with E-state index >= 15 is 0 Å². The normalized spacial score (nSPS) is 18.4. The fraction of sp³-hybridized carbons (Fsp3) is 0.440. The van der Waals surface area contributed by atoms with Crippen molar-refractivity contribution in [1.29, 1.82) is 0 Å². The Balaban J connectivity index is 1.24. The van der Waals surface area contributed by atoms with Gasteiger partial charge in [-0.15, -0.1) is 11.3 Å². The highest BCUT2D eigenvalue weighted by Crippen LogP contribution is 2.45. The molecule has 2 aromatic carbocycles. The molecule has 5 rings (SSSR count). The van der Waals surface area contributed by atoms with Crippen molar-refractivity contribution in [3.63, 3.8) is 0 Å². The molecule has 2 fully saturated rings. The van der Waals surface area contributed by atoms with Crippen molar-refractivity contribution in [3.05, 3.63) is 53.5 Å². The van der Waals surface area contributed by atoms with E-state index in [4.69, 9.17) is 9.72 Å². The quantitative estimate of drug-likeness (QED) is 0.573. The summed E-state index contributed by atoms with van der Waals surface area (Å²) in [6.07, 6.45) is 6.07. The molecule has 6 heteroatoms. The lowest BCUT2D eigenvalue weighted by atomic mass is 9.79. The van der Waals surface area contributed by atoms with Crippen LogP contribution >= 0.6 is 11.3 Å². The van der Waals surface area contributed by atoms with Crippen LogP contribution in [-0.2, 0) is 16.0 Å². The number of nitrogens with zero attached hydrogens (tertiary/aromatic N) is 2. The molecule has 2 heterocycles. The third-order valence-electron chi connectivity index (χ3n) is 6.59. The largest absolute Gasteiger partial charge is 0.378 e. The van der Waals surface area contributed by atoms with Gasteiger partial charge < -0.3 is 15.0 Å². The number of benzene rings is 2. The van der Waals surface area contributed by atoms with E-state index in [1.807, 2.05) is 18.2 Å². The number of hydrogen-bond donors (Lipinski definition) is 1. The van der Waals surface area contributed by atoms with Crippen LogP contribution in [0.3, 0.4) is 0 Å². The number of aromatic nitrogens is 1. The number of carbonyl (C=O) groups is 1. The average Bonchev–Trinajstić information content (AvgIpc) is 3.41. The summed E-state index contributed by atoms with van der Waals surface area (Å²) in [5.74, 6) is 0.113. The van der Waals surface area contributed by atoms with Crippen LogP contribution in [0.15, 0.2) is 48.5 Å². The average molecular weight is 436 g/mol. The van der Waals surface area contributed by atoms with E-state index in [9.17, 15) is 4.79 Å². The van der Waals surface area contributed by atoms with Crippen LogP contribution in [0.1, 0.15) is 37.1 Å². The topological polar surface area (TPSA) is 54.5 Å². The number of carbonyl (C=O) groups excluding carboxylic acids is 1. The van der Waals surface area contributed by atoms with E-state index < -0.39 is 0 Å². The number of anilines is 2. The molecule has 0 unspecified atom stereocenters. The first-order valence-corrected chi connectivity index (χ1v) is 12.1. The Morgan fingerprint density at radius 3 is 2.55 bits per heavy atom. The predicted molar refractivity (Wildman–Crippen MR) is 127 cm³/mol. The Morgan fingerprint density at radius 1 is 1.06 bits per heavy atom. The van der Waals surface area contributed by atoms with Gasteiger partial charge in [0.25, 0.3) is 0 Å². The molecule has 0 atom stereocenters. The number of rotatable bonds is 6. The number of para-hydroxylation sites is 1. The summed E-state index contributed by atoms with van der Waals surface area (Å²) in [6.45, 7) is 3.38. The number of nitrogens with one attached hydrogen (secondary N) is 1. The van der Waals surface area contributed by atoms with Crippen molar-refractivity contribution in [1.82, 2.24) is 4.98 Å². The highest BCUT2D eigenvalue weighted by atomic mass is 32.1. The van der Waals surface area contributed by atoms with Crippen LogP contribution < -0.4 is 10.2 Å². The minimum atomic E-state index is 0.0334. The number of morpholine rings is 1. The van der Waals surface area contributed by atoms with Crippen LogP contribution in [0.25, 0.3) is 10.2 Å². The van der Waals surface area contributed by atoms with E-state index in [-0.39, 0.29) is 11.3 Å². The summed E-state index contributed by atoms with van der Waals surface area (Å²) in [5, 5.41) is 4.30. The summed E-state index contributed by atoms with van der Waals surface area (Å²) in [6, 6.07) is 16.5. The lowest BCUT2D eigenvalue weighted by Gasteiger charge is -2.29. The molecule has 0 spiro atoms. The lowest BCUT2D eigenvalue weighted by molar-refractivity contribution is -0.118. The third-order valence-corrected chi connectivity index (χ3v) is 7.63. The zero-order chi connectivity index (χ0) is 21.1. The van der Waals surface area contributed by atoms with Gasteiger partial charge in [0.2, 0.25) is 5.91 Å². The summed E-state index contributed by atoms with van der Waals surface area (Å²) >= 11 is 1.77. The first-order chi connectivity index (χ1) is 15.2. The van der Waals surface area contributed by atoms with Crippen molar-refractivity contribution in [3.8, 4) is 0 Å². The number of amides is 1. The molecular weight excluding hydrogens is 406 g/mol. The second kappa shape index (κ2) is 8.97. The minimum absolute atomic E-state index is 0.0334. The molecule has 1 aromatic heterocycles. The molecule has 3 aromatic rings. The maximum atomic E-state index is 13.0. The smallest absolute Gasteiger partial charge is 0.224 e. The first-order valence-electron chi connectivity index (χ1n) is 11.3. The third kappa shape index (κ3) is 4.75. The van der Waals surface area contributed by atoms with E-state index in [0.29, 0.717) is 6.42 Å². The molecule has 1 aliphatic heterocycles. The number of hydrogen-bond acceptors (Lipinski definition) is 5. The van der Waals surface area contributed by atoms with E-state index in [0.717, 1.165) is 61.8 Å². The Morgan fingerprint density at radius 2 is 1.81 bits per heavy atom. The SMILES string of the molecule is O=C(CC1(Cc2nc3ccccc3s2)CCCC1)Nc1ccc(N2CCOCC2)cc1. The zero-order valence-electron chi connectivity index (χ0n) is 17.8. The van der Waals surface area contributed by atoms with Gasteiger partial charge in [-0.25, -0.2) is 4.98 Å². The highest BCUT2D eigenvalue weighted by molar-refractivity contribution is 7.18. The van der Waals surface area contributed by atoms with Gasteiger partial charge in [0.05, 0.1) is 28.4 Å². The van der Waals surface area contributed by atoms with Gasteiger partial charge in [-0.1, -0.05) is 25.0 Å². The number of fused-ring (bicyclic) bond motifs is 1.